The van der Waals surface area contributed by atoms with Crippen LogP contribution >= 0.6 is 0 Å². The van der Waals surface area contributed by atoms with Crippen LogP contribution in [0.1, 0.15) is 30.7 Å². The van der Waals surface area contributed by atoms with E-state index in [1.54, 1.807) is 0 Å². The van der Waals surface area contributed by atoms with Crippen LogP contribution in [0.25, 0.3) is 0 Å². The van der Waals surface area contributed by atoms with Crippen molar-refractivity contribution >= 4 is 0 Å². The van der Waals surface area contributed by atoms with Crippen LogP contribution < -0.4 is 5.43 Å². The monoisotopic (exact) mass is 176 g/mol. The molecule has 0 aliphatic heterocycles. The molecule has 0 heterocycles. The van der Waals surface area contributed by atoms with E-state index in [2.05, 4.69) is 0 Å². The average Bonchev–Trinajstić information content (AvgIpc) is 2.16. The van der Waals surface area contributed by atoms with Gasteiger partial charge in [0.25, 0.3) is 0 Å². The van der Waals surface area contributed by atoms with Gasteiger partial charge in [0.2, 0.25) is 5.43 Å². The molecule has 2 rings (SSSR count). The highest BCUT2D eigenvalue weighted by molar-refractivity contribution is 5.26. The number of aromatic hydroxyl groups is 1. The molecular weight excluding hydrogens is 164 g/mol. The fourth-order valence-corrected chi connectivity index (χ4v) is 1.58. The first-order valence-electron chi connectivity index (χ1n) is 4.60. The van der Waals surface area contributed by atoms with Gasteiger partial charge in [-0.2, -0.15) is 0 Å². The Morgan fingerprint density at radius 1 is 1.15 bits per heavy atom. The van der Waals surface area contributed by atoms with Crippen molar-refractivity contribution < 1.29 is 5.11 Å². The predicted octanol–water partition coefficient (Wildman–Crippen LogP) is 2.02. The van der Waals surface area contributed by atoms with Gasteiger partial charge < -0.3 is 5.11 Å². The molecule has 1 aliphatic rings. The van der Waals surface area contributed by atoms with Gasteiger partial charge in [-0.1, -0.05) is 18.6 Å². The lowest BCUT2D eigenvalue weighted by Crippen LogP contribution is -2.07. The summed E-state index contributed by atoms with van der Waals surface area (Å²) in [6.45, 7) is 0. The third-order valence-electron chi connectivity index (χ3n) is 2.69. The second-order valence-electron chi connectivity index (χ2n) is 3.54. The molecule has 1 aromatic carbocycles. The first-order valence-corrected chi connectivity index (χ1v) is 4.60. The SMILES string of the molecule is O=c1ccc(C2CCC2)ccc1O. The maximum atomic E-state index is 11.1. The van der Waals surface area contributed by atoms with Crippen molar-refractivity contribution in [2.24, 2.45) is 0 Å². The summed E-state index contributed by atoms with van der Waals surface area (Å²) in [7, 11) is 0. The van der Waals surface area contributed by atoms with E-state index in [-0.39, 0.29) is 11.2 Å². The first-order chi connectivity index (χ1) is 6.27. The number of hydrogen-bond donors (Lipinski definition) is 1. The number of rotatable bonds is 1. The molecule has 68 valence electrons. The van der Waals surface area contributed by atoms with Crippen molar-refractivity contribution in [3.63, 3.8) is 0 Å². The van der Waals surface area contributed by atoms with Crippen molar-refractivity contribution in [2.75, 3.05) is 0 Å². The van der Waals surface area contributed by atoms with E-state index >= 15 is 0 Å². The highest BCUT2D eigenvalue weighted by atomic mass is 16.3. The summed E-state index contributed by atoms with van der Waals surface area (Å²) in [5.41, 5.74) is 0.870. The normalized spacial score (nSPS) is 16.6. The lowest BCUT2D eigenvalue weighted by atomic mass is 9.81. The Kier molecular flexibility index (Phi) is 2.05. The predicted molar refractivity (Wildman–Crippen MR) is 51.0 cm³/mol. The Morgan fingerprint density at radius 2 is 1.85 bits per heavy atom. The molecule has 0 unspecified atom stereocenters. The van der Waals surface area contributed by atoms with Crippen LogP contribution in [0.5, 0.6) is 5.75 Å². The summed E-state index contributed by atoms with van der Waals surface area (Å²) >= 11 is 0. The molecule has 0 atom stereocenters. The zero-order valence-electron chi connectivity index (χ0n) is 7.36. The zero-order chi connectivity index (χ0) is 9.26. The Morgan fingerprint density at radius 3 is 2.46 bits per heavy atom. The largest absolute Gasteiger partial charge is 0.504 e. The van der Waals surface area contributed by atoms with Gasteiger partial charge in [-0.25, -0.2) is 0 Å². The fourth-order valence-electron chi connectivity index (χ4n) is 1.58. The van der Waals surface area contributed by atoms with Crippen molar-refractivity contribution in [2.45, 2.75) is 25.2 Å². The molecule has 0 saturated heterocycles. The molecule has 13 heavy (non-hydrogen) atoms. The van der Waals surface area contributed by atoms with Gasteiger partial charge in [0.05, 0.1) is 0 Å². The molecule has 1 fully saturated rings. The van der Waals surface area contributed by atoms with Crippen LogP contribution in [0.2, 0.25) is 0 Å². The topological polar surface area (TPSA) is 37.3 Å². The standard InChI is InChI=1S/C11H12O2/c12-10-6-4-9(5-7-11(10)13)8-2-1-3-8/h4-8H,1-3H2,(H,12,13). The van der Waals surface area contributed by atoms with Gasteiger partial charge in [0, 0.05) is 0 Å². The molecule has 2 heteroatoms. The zero-order valence-corrected chi connectivity index (χ0v) is 7.36. The van der Waals surface area contributed by atoms with Crippen LogP contribution in [0, 0.1) is 0 Å². The summed E-state index contributed by atoms with van der Waals surface area (Å²) < 4.78 is 0. The lowest BCUT2D eigenvalue weighted by Gasteiger charge is -2.24. The fraction of sp³-hybridized carbons (Fsp3) is 0.364. The van der Waals surface area contributed by atoms with Gasteiger partial charge in [-0.05, 0) is 36.5 Å². The van der Waals surface area contributed by atoms with E-state index in [4.69, 9.17) is 5.11 Å². The average molecular weight is 176 g/mol. The van der Waals surface area contributed by atoms with E-state index in [0.717, 1.165) is 0 Å². The van der Waals surface area contributed by atoms with Crippen LogP contribution in [0.4, 0.5) is 0 Å². The molecule has 0 spiro atoms. The molecule has 2 nitrogen and oxygen atoms in total. The van der Waals surface area contributed by atoms with Crippen LogP contribution in [0.15, 0.2) is 29.1 Å². The summed E-state index contributed by atoms with van der Waals surface area (Å²) in [4.78, 5) is 11.1. The van der Waals surface area contributed by atoms with Gasteiger partial charge >= 0.3 is 0 Å². The molecular formula is C11H12O2. The Hall–Kier alpha value is -1.31. The molecule has 0 bridgehead atoms. The Bertz CT molecular complexity index is 367. The first kappa shape index (κ1) is 8.30. The molecule has 0 radical (unpaired) electrons. The molecule has 1 saturated carbocycles. The van der Waals surface area contributed by atoms with E-state index in [9.17, 15) is 4.79 Å². The highest BCUT2D eigenvalue weighted by Gasteiger charge is 2.18. The summed E-state index contributed by atoms with van der Waals surface area (Å²) in [5, 5.41) is 9.16. The molecule has 1 aliphatic carbocycles. The van der Waals surface area contributed by atoms with Crippen molar-refractivity contribution in [3.8, 4) is 5.75 Å². The molecule has 0 amide bonds. The minimum Gasteiger partial charge on any atom is -0.504 e. The van der Waals surface area contributed by atoms with Gasteiger partial charge in [0.1, 0.15) is 0 Å². The second kappa shape index (κ2) is 3.21. The van der Waals surface area contributed by atoms with Crippen LogP contribution in [-0.4, -0.2) is 5.11 Å². The third kappa shape index (κ3) is 1.57. The van der Waals surface area contributed by atoms with Gasteiger partial charge in [-0.15, -0.1) is 0 Å². The van der Waals surface area contributed by atoms with E-state index in [1.165, 1.54) is 37.0 Å². The highest BCUT2D eigenvalue weighted by Crippen LogP contribution is 2.35. The Labute approximate surface area is 76.9 Å². The van der Waals surface area contributed by atoms with Crippen molar-refractivity contribution in [3.05, 3.63) is 40.1 Å². The van der Waals surface area contributed by atoms with Gasteiger partial charge in [0.15, 0.2) is 5.75 Å². The van der Waals surface area contributed by atoms with Crippen LogP contribution in [-0.2, 0) is 0 Å². The van der Waals surface area contributed by atoms with Crippen molar-refractivity contribution in [1.82, 2.24) is 0 Å². The van der Waals surface area contributed by atoms with Gasteiger partial charge in [-0.3, -0.25) is 4.79 Å². The molecule has 1 N–H and O–H groups in total. The van der Waals surface area contributed by atoms with Crippen molar-refractivity contribution in [1.29, 1.82) is 0 Å². The van der Waals surface area contributed by atoms with E-state index < -0.39 is 0 Å². The number of hydrogen-bond acceptors (Lipinski definition) is 2. The Balaban J connectivity index is 2.39. The minimum absolute atomic E-state index is 0.162. The summed E-state index contributed by atoms with van der Waals surface area (Å²) in [5.74, 6) is 0.441. The molecule has 0 aromatic heterocycles. The minimum atomic E-state index is -0.300. The quantitative estimate of drug-likeness (QED) is 0.710. The smallest absolute Gasteiger partial charge is 0.220 e. The maximum Gasteiger partial charge on any atom is 0.220 e. The van der Waals surface area contributed by atoms with Crippen LogP contribution in [0.3, 0.4) is 0 Å². The summed E-state index contributed by atoms with van der Waals surface area (Å²) in [6, 6.07) is 6.62. The van der Waals surface area contributed by atoms with E-state index in [1.807, 2.05) is 12.1 Å². The summed E-state index contributed by atoms with van der Waals surface area (Å²) in [6.07, 6.45) is 3.69. The maximum absolute atomic E-state index is 11.1. The third-order valence-corrected chi connectivity index (χ3v) is 2.69. The molecule has 1 aromatic rings. The lowest BCUT2D eigenvalue weighted by molar-refractivity contribution is 0.420. The second-order valence-corrected chi connectivity index (χ2v) is 3.54. The van der Waals surface area contributed by atoms with E-state index in [0.29, 0.717) is 5.92 Å².